The fourth-order valence-corrected chi connectivity index (χ4v) is 5.26. The van der Waals surface area contributed by atoms with Crippen LogP contribution in [0.25, 0.3) is 11.2 Å². The minimum absolute atomic E-state index is 0.128. The van der Waals surface area contributed by atoms with Gasteiger partial charge in [0.25, 0.3) is 0 Å². The number of hydrogen-bond donors (Lipinski definition) is 2. The standard InChI is InChI=1S/C23H25N7O3S/c1-2-19(31)29-6-3-14(4-7-29)5-8-30-12-26-21(25)20-22(30)28-23(27-20)34-18-10-17-16(32-13-33-17)9-15(18)11-24/h9-10,12,14,25H,2-8,13H2,1H3,(H,27,28). The van der Waals surface area contributed by atoms with Gasteiger partial charge in [-0.3, -0.25) is 10.2 Å². The predicted octanol–water partition coefficient (Wildman–Crippen LogP) is 3.03. The summed E-state index contributed by atoms with van der Waals surface area (Å²) in [7, 11) is 0. The molecule has 0 radical (unpaired) electrons. The Morgan fingerprint density at radius 2 is 2.09 bits per heavy atom. The number of carbonyl (C=O) groups excluding carboxylic acids is 1. The molecule has 4 heterocycles. The minimum Gasteiger partial charge on any atom is -0.454 e. The van der Waals surface area contributed by atoms with E-state index in [0.717, 1.165) is 38.9 Å². The van der Waals surface area contributed by atoms with E-state index in [1.807, 2.05) is 16.4 Å². The number of nitrogens with zero attached hydrogens (tertiary/aromatic N) is 5. The second kappa shape index (κ2) is 9.38. The number of nitriles is 1. The van der Waals surface area contributed by atoms with Crippen LogP contribution in [-0.2, 0) is 11.3 Å². The van der Waals surface area contributed by atoms with Crippen LogP contribution in [0.2, 0.25) is 0 Å². The van der Waals surface area contributed by atoms with Crippen LogP contribution in [0, 0.1) is 22.7 Å². The molecule has 0 unspecified atom stereocenters. The molecule has 1 aromatic carbocycles. The highest BCUT2D eigenvalue weighted by molar-refractivity contribution is 7.99. The number of benzene rings is 1. The van der Waals surface area contributed by atoms with E-state index < -0.39 is 0 Å². The number of amides is 1. The Balaban J connectivity index is 1.33. The highest BCUT2D eigenvalue weighted by atomic mass is 32.2. The zero-order valence-corrected chi connectivity index (χ0v) is 19.7. The van der Waals surface area contributed by atoms with Crippen molar-refractivity contribution < 1.29 is 14.3 Å². The zero-order valence-electron chi connectivity index (χ0n) is 18.8. The second-order valence-electron chi connectivity index (χ2n) is 8.41. The van der Waals surface area contributed by atoms with Gasteiger partial charge in [0, 0.05) is 37.0 Å². The van der Waals surface area contributed by atoms with Crippen LogP contribution < -0.4 is 15.0 Å². The number of likely N-dealkylation sites (tertiary alicyclic amines) is 1. The third-order valence-corrected chi connectivity index (χ3v) is 7.29. The Hall–Kier alpha value is -3.52. The van der Waals surface area contributed by atoms with Crippen molar-refractivity contribution in [1.82, 2.24) is 24.4 Å². The van der Waals surface area contributed by atoms with Crippen molar-refractivity contribution >= 4 is 28.8 Å². The normalized spacial score (nSPS) is 15.6. The van der Waals surface area contributed by atoms with Gasteiger partial charge in [-0.25, -0.2) is 9.97 Å². The maximum Gasteiger partial charge on any atom is 0.231 e. The van der Waals surface area contributed by atoms with Gasteiger partial charge >= 0.3 is 0 Å². The number of aromatic amines is 1. The Morgan fingerprint density at radius 3 is 2.82 bits per heavy atom. The highest BCUT2D eigenvalue weighted by Crippen LogP contribution is 2.40. The summed E-state index contributed by atoms with van der Waals surface area (Å²) in [5, 5.41) is 18.3. The number of H-pyrrole nitrogens is 1. The van der Waals surface area contributed by atoms with Gasteiger partial charge in [-0.05, 0) is 31.2 Å². The lowest BCUT2D eigenvalue weighted by Crippen LogP contribution is -2.38. The molecule has 2 aromatic heterocycles. The zero-order chi connectivity index (χ0) is 23.7. The molecule has 1 fully saturated rings. The predicted molar refractivity (Wildman–Crippen MR) is 123 cm³/mol. The van der Waals surface area contributed by atoms with Gasteiger partial charge in [-0.1, -0.05) is 18.7 Å². The number of rotatable bonds is 6. The fourth-order valence-electron chi connectivity index (χ4n) is 4.39. The summed E-state index contributed by atoms with van der Waals surface area (Å²) < 4.78 is 12.8. The lowest BCUT2D eigenvalue weighted by atomic mass is 9.93. The van der Waals surface area contributed by atoms with Gasteiger partial charge < -0.3 is 23.9 Å². The van der Waals surface area contributed by atoms with Crippen molar-refractivity contribution in [1.29, 1.82) is 10.7 Å². The molecule has 2 aliphatic rings. The molecule has 1 amide bonds. The van der Waals surface area contributed by atoms with Gasteiger partial charge in [-0.2, -0.15) is 5.26 Å². The molecule has 5 rings (SSSR count). The molecule has 0 saturated carbocycles. The summed E-state index contributed by atoms with van der Waals surface area (Å²) in [5.74, 6) is 1.93. The minimum atomic E-state index is 0.128. The molecule has 34 heavy (non-hydrogen) atoms. The van der Waals surface area contributed by atoms with E-state index in [1.165, 1.54) is 11.8 Å². The van der Waals surface area contributed by atoms with Gasteiger partial charge in [0.1, 0.15) is 11.6 Å². The van der Waals surface area contributed by atoms with Gasteiger partial charge in [0.05, 0.1) is 11.9 Å². The number of hydrogen-bond acceptors (Lipinski definition) is 8. The number of piperidine rings is 1. The molecule has 10 nitrogen and oxygen atoms in total. The Labute approximate surface area is 200 Å². The van der Waals surface area contributed by atoms with Crippen molar-refractivity contribution in [3.63, 3.8) is 0 Å². The topological polar surface area (TPSA) is 133 Å². The monoisotopic (exact) mass is 479 g/mol. The van der Waals surface area contributed by atoms with E-state index in [1.54, 1.807) is 18.5 Å². The smallest absolute Gasteiger partial charge is 0.231 e. The fraction of sp³-hybridized carbons (Fsp3) is 0.435. The summed E-state index contributed by atoms with van der Waals surface area (Å²) in [6, 6.07) is 5.65. The molecule has 0 aliphatic carbocycles. The van der Waals surface area contributed by atoms with Crippen LogP contribution in [0.1, 0.15) is 38.2 Å². The summed E-state index contributed by atoms with van der Waals surface area (Å²) in [4.78, 5) is 26.7. The lowest BCUT2D eigenvalue weighted by molar-refractivity contribution is -0.132. The number of fused-ring (bicyclic) bond motifs is 2. The van der Waals surface area contributed by atoms with E-state index in [0.29, 0.717) is 50.6 Å². The largest absolute Gasteiger partial charge is 0.454 e. The quantitative estimate of drug-likeness (QED) is 0.555. The molecule has 2 aliphatic heterocycles. The molecule has 11 heteroatoms. The number of ether oxygens (including phenoxy) is 2. The first-order valence-corrected chi connectivity index (χ1v) is 12.2. The average Bonchev–Trinajstić information content (AvgIpc) is 3.50. The van der Waals surface area contributed by atoms with E-state index in [4.69, 9.17) is 19.9 Å². The Morgan fingerprint density at radius 1 is 1.32 bits per heavy atom. The second-order valence-corrected chi connectivity index (χ2v) is 9.44. The number of nitrogens with one attached hydrogen (secondary N) is 2. The average molecular weight is 480 g/mol. The van der Waals surface area contributed by atoms with Gasteiger partial charge in [0.15, 0.2) is 27.8 Å². The molecule has 1 saturated heterocycles. The first kappa shape index (κ1) is 22.3. The molecular formula is C23H25N7O3S. The SMILES string of the molecule is CCC(=O)N1CCC(CCn2cnc(=N)c3[nH]c(Sc4cc5c(cc4C#N)OCO5)nc32)CC1. The first-order valence-electron chi connectivity index (χ1n) is 11.3. The summed E-state index contributed by atoms with van der Waals surface area (Å²) in [6.07, 6.45) is 5.19. The summed E-state index contributed by atoms with van der Waals surface area (Å²) in [5.41, 5.74) is 1.83. The lowest BCUT2D eigenvalue weighted by Gasteiger charge is -2.32. The molecule has 2 N–H and O–H groups in total. The van der Waals surface area contributed by atoms with Crippen molar-refractivity contribution in [2.24, 2.45) is 5.92 Å². The number of carbonyl (C=O) groups is 1. The van der Waals surface area contributed by atoms with Crippen LogP contribution >= 0.6 is 11.8 Å². The van der Waals surface area contributed by atoms with Crippen molar-refractivity contribution in [3.05, 3.63) is 29.5 Å². The third kappa shape index (κ3) is 4.33. The van der Waals surface area contributed by atoms with Gasteiger partial charge in [0.2, 0.25) is 12.7 Å². The van der Waals surface area contributed by atoms with E-state index >= 15 is 0 Å². The van der Waals surface area contributed by atoms with Crippen molar-refractivity contribution in [2.75, 3.05) is 19.9 Å². The van der Waals surface area contributed by atoms with Crippen LogP contribution in [0.15, 0.2) is 28.5 Å². The van der Waals surface area contributed by atoms with Crippen LogP contribution in [0.5, 0.6) is 11.5 Å². The number of aromatic nitrogens is 4. The van der Waals surface area contributed by atoms with Gasteiger partial charge in [-0.15, -0.1) is 0 Å². The van der Waals surface area contributed by atoms with Crippen LogP contribution in [0.4, 0.5) is 0 Å². The number of imidazole rings is 1. The third-order valence-electron chi connectivity index (χ3n) is 6.35. The summed E-state index contributed by atoms with van der Waals surface area (Å²) >= 11 is 1.31. The summed E-state index contributed by atoms with van der Waals surface area (Å²) in [6.45, 7) is 4.42. The van der Waals surface area contributed by atoms with Crippen molar-refractivity contribution in [3.8, 4) is 17.6 Å². The van der Waals surface area contributed by atoms with E-state index in [2.05, 4.69) is 16.0 Å². The van der Waals surface area contributed by atoms with Crippen LogP contribution in [-0.4, -0.2) is 50.2 Å². The molecule has 176 valence electrons. The number of aryl methyl sites for hydroxylation is 1. The van der Waals surface area contributed by atoms with E-state index in [-0.39, 0.29) is 18.2 Å². The van der Waals surface area contributed by atoms with Crippen molar-refractivity contribution in [2.45, 2.75) is 49.2 Å². The molecule has 3 aromatic rings. The molecule has 0 spiro atoms. The maximum atomic E-state index is 11.9. The highest BCUT2D eigenvalue weighted by Gasteiger charge is 2.22. The first-order chi connectivity index (χ1) is 16.6. The Kier molecular flexibility index (Phi) is 6.15. The molecule has 0 atom stereocenters. The Bertz CT molecular complexity index is 1330. The molecular weight excluding hydrogens is 454 g/mol. The maximum absolute atomic E-state index is 11.9. The molecule has 0 bridgehead atoms. The van der Waals surface area contributed by atoms with E-state index in [9.17, 15) is 10.1 Å². The van der Waals surface area contributed by atoms with Crippen LogP contribution in [0.3, 0.4) is 0 Å².